The minimum absolute atomic E-state index is 0. The van der Waals surface area contributed by atoms with Crippen molar-refractivity contribution in [1.82, 2.24) is 0 Å². The maximum absolute atomic E-state index is 5.75. The molecular formula is C19H31NaO6. The van der Waals surface area contributed by atoms with E-state index in [0.717, 1.165) is 43.8 Å². The molecule has 1 aromatic rings. The van der Waals surface area contributed by atoms with Crippen LogP contribution in [0.1, 0.15) is 44.2 Å². The van der Waals surface area contributed by atoms with Crippen molar-refractivity contribution >= 4 is 0 Å². The van der Waals surface area contributed by atoms with Gasteiger partial charge in [0.1, 0.15) is 0 Å². The molecule has 0 spiro atoms. The zero-order chi connectivity index (χ0) is 17.0. The van der Waals surface area contributed by atoms with E-state index in [4.69, 9.17) is 23.7 Å². The number of hydrogen-bond donors (Lipinski definition) is 0. The van der Waals surface area contributed by atoms with Gasteiger partial charge in [0.15, 0.2) is 11.5 Å². The summed E-state index contributed by atoms with van der Waals surface area (Å²) in [7, 11) is 0. The fraction of sp³-hybridized carbons (Fsp3) is 0.684. The Labute approximate surface area is 179 Å². The number of ether oxygens (including phenoxy) is 5. The molecular weight excluding hydrogens is 347 g/mol. The minimum atomic E-state index is 0. The summed E-state index contributed by atoms with van der Waals surface area (Å²) in [6, 6.07) is 4.12. The molecule has 26 heavy (non-hydrogen) atoms. The predicted octanol–water partition coefficient (Wildman–Crippen LogP) is 0.545. The van der Waals surface area contributed by atoms with Gasteiger partial charge in [-0.1, -0.05) is 26.7 Å². The topological polar surface area (TPSA) is 76.2 Å². The molecule has 7 heteroatoms. The second-order valence-corrected chi connectivity index (χ2v) is 5.86. The van der Waals surface area contributed by atoms with Gasteiger partial charge in [-0.2, -0.15) is 0 Å². The van der Waals surface area contributed by atoms with E-state index < -0.39 is 0 Å². The van der Waals surface area contributed by atoms with Crippen LogP contribution >= 0.6 is 0 Å². The smallest absolute Gasteiger partial charge is 0.870 e. The summed E-state index contributed by atoms with van der Waals surface area (Å²) in [5.74, 6) is 1.66. The van der Waals surface area contributed by atoms with Gasteiger partial charge in [0, 0.05) is 6.61 Å². The Morgan fingerprint density at radius 2 is 1.38 bits per heavy atom. The third kappa shape index (κ3) is 9.04. The normalized spacial score (nSPS) is 11.8. The van der Waals surface area contributed by atoms with Crippen molar-refractivity contribution in [3.8, 4) is 11.5 Å². The first kappa shape index (κ1) is 25.7. The molecule has 1 aliphatic rings. The van der Waals surface area contributed by atoms with Crippen LogP contribution in [-0.2, 0) is 27.2 Å². The van der Waals surface area contributed by atoms with Gasteiger partial charge in [-0.15, -0.1) is 0 Å². The largest absolute Gasteiger partial charge is 1.00 e. The van der Waals surface area contributed by atoms with Crippen LogP contribution in [0.3, 0.4) is 0 Å². The van der Waals surface area contributed by atoms with Crippen molar-refractivity contribution in [2.45, 2.75) is 46.1 Å². The van der Waals surface area contributed by atoms with Crippen molar-refractivity contribution in [3.05, 3.63) is 23.3 Å². The van der Waals surface area contributed by atoms with E-state index >= 15 is 0 Å². The number of aryl methyl sites for hydroxylation is 1. The van der Waals surface area contributed by atoms with Gasteiger partial charge in [-0.3, -0.25) is 0 Å². The summed E-state index contributed by atoms with van der Waals surface area (Å²) in [6.07, 6.45) is 4.38. The van der Waals surface area contributed by atoms with E-state index in [0.29, 0.717) is 39.8 Å². The van der Waals surface area contributed by atoms with E-state index in [1.165, 1.54) is 11.1 Å². The van der Waals surface area contributed by atoms with Crippen LogP contribution in [-0.4, -0.2) is 45.3 Å². The summed E-state index contributed by atoms with van der Waals surface area (Å²) >= 11 is 0. The van der Waals surface area contributed by atoms with Gasteiger partial charge >= 0.3 is 29.6 Å². The van der Waals surface area contributed by atoms with Crippen LogP contribution in [0.25, 0.3) is 0 Å². The van der Waals surface area contributed by atoms with E-state index in [2.05, 4.69) is 19.9 Å². The van der Waals surface area contributed by atoms with Crippen molar-refractivity contribution < 1.29 is 58.7 Å². The maximum Gasteiger partial charge on any atom is 1.00 e. The summed E-state index contributed by atoms with van der Waals surface area (Å²) in [5.41, 5.74) is 2.44. The van der Waals surface area contributed by atoms with Crippen LogP contribution in [0.15, 0.2) is 12.1 Å². The third-order valence-electron chi connectivity index (χ3n) is 3.86. The molecule has 144 valence electrons. The number of hydrogen-bond acceptors (Lipinski definition) is 6. The minimum Gasteiger partial charge on any atom is -0.870 e. The molecule has 1 N–H and O–H groups in total. The summed E-state index contributed by atoms with van der Waals surface area (Å²) in [5, 5.41) is 0. The Morgan fingerprint density at radius 3 is 2.00 bits per heavy atom. The fourth-order valence-electron chi connectivity index (χ4n) is 2.53. The molecule has 1 aromatic carbocycles. The molecule has 0 saturated carbocycles. The first-order chi connectivity index (χ1) is 11.8. The molecule has 0 aliphatic carbocycles. The van der Waals surface area contributed by atoms with Crippen LogP contribution < -0.4 is 39.0 Å². The molecule has 2 rings (SSSR count). The molecule has 6 nitrogen and oxygen atoms in total. The van der Waals surface area contributed by atoms with Crippen molar-refractivity contribution in [1.29, 1.82) is 0 Å². The Hall–Kier alpha value is -0.340. The zero-order valence-corrected chi connectivity index (χ0v) is 18.4. The van der Waals surface area contributed by atoms with Crippen molar-refractivity contribution in [2.24, 2.45) is 0 Å². The Morgan fingerprint density at radius 1 is 0.808 bits per heavy atom. The number of rotatable bonds is 13. The van der Waals surface area contributed by atoms with Gasteiger partial charge < -0.3 is 29.2 Å². The number of benzene rings is 1. The summed E-state index contributed by atoms with van der Waals surface area (Å²) in [6.45, 7) is 8.47. The van der Waals surface area contributed by atoms with Gasteiger partial charge in [0.2, 0.25) is 6.79 Å². The predicted molar refractivity (Wildman–Crippen MR) is 94.7 cm³/mol. The summed E-state index contributed by atoms with van der Waals surface area (Å²) in [4.78, 5) is 0. The van der Waals surface area contributed by atoms with E-state index in [9.17, 15) is 0 Å². The zero-order valence-electron chi connectivity index (χ0n) is 16.4. The molecule has 0 amide bonds. The third-order valence-corrected chi connectivity index (χ3v) is 3.86. The Bertz CT molecular complexity index is 483. The molecule has 1 heterocycles. The van der Waals surface area contributed by atoms with Gasteiger partial charge in [0.25, 0.3) is 0 Å². The van der Waals surface area contributed by atoms with Gasteiger partial charge in [0.05, 0.1) is 33.0 Å². The van der Waals surface area contributed by atoms with Gasteiger partial charge in [-0.25, -0.2) is 0 Å². The van der Waals surface area contributed by atoms with Gasteiger partial charge in [-0.05, 0) is 36.1 Å². The Balaban J connectivity index is 0.00000312. The second-order valence-electron chi connectivity index (χ2n) is 5.86. The maximum atomic E-state index is 5.75. The van der Waals surface area contributed by atoms with Crippen LogP contribution in [0.4, 0.5) is 0 Å². The van der Waals surface area contributed by atoms with Crippen molar-refractivity contribution in [3.63, 3.8) is 0 Å². The van der Waals surface area contributed by atoms with E-state index in [1.807, 2.05) is 6.07 Å². The Kier molecular flexibility index (Phi) is 15.5. The summed E-state index contributed by atoms with van der Waals surface area (Å²) < 4.78 is 27.6. The fourth-order valence-corrected chi connectivity index (χ4v) is 2.53. The monoisotopic (exact) mass is 378 g/mol. The standard InChI is InChI=1S/C19H30O5.Na.H2O/c1-3-5-7-20-8-9-21-10-11-22-14-17-13-19-18(23-15-24-19)12-16(17)6-4-2;;/h12-13H,3-11,14-15H2,1-2H3;;1H2/q;+1;/p-1. The first-order valence-electron chi connectivity index (χ1n) is 8.99. The van der Waals surface area contributed by atoms with Crippen LogP contribution in [0.5, 0.6) is 11.5 Å². The molecule has 0 unspecified atom stereocenters. The average Bonchev–Trinajstić information content (AvgIpc) is 3.04. The first-order valence-corrected chi connectivity index (χ1v) is 8.99. The van der Waals surface area contributed by atoms with Crippen molar-refractivity contribution in [2.75, 3.05) is 39.8 Å². The molecule has 0 aromatic heterocycles. The number of fused-ring (bicyclic) bond motifs is 1. The quantitative estimate of drug-likeness (QED) is 0.368. The molecule has 0 saturated heterocycles. The second kappa shape index (κ2) is 15.7. The molecule has 0 fully saturated rings. The SMILES string of the molecule is CCCCOCCOCCOCc1cc2c(cc1CCC)OCO2.[Na+].[OH-]. The van der Waals surface area contributed by atoms with E-state index in [-0.39, 0.29) is 35.0 Å². The molecule has 0 atom stereocenters. The average molecular weight is 378 g/mol. The molecule has 1 aliphatic heterocycles. The molecule has 0 radical (unpaired) electrons. The molecule has 0 bridgehead atoms. The van der Waals surface area contributed by atoms with E-state index in [1.54, 1.807) is 0 Å². The number of unbranched alkanes of at least 4 members (excludes halogenated alkanes) is 1. The van der Waals surface area contributed by atoms with Crippen LogP contribution in [0, 0.1) is 0 Å². The van der Waals surface area contributed by atoms with Crippen LogP contribution in [0.2, 0.25) is 0 Å².